The molecule has 0 bridgehead atoms. The zero-order valence-electron chi connectivity index (χ0n) is 26.4. The van der Waals surface area contributed by atoms with Crippen molar-refractivity contribution in [3.05, 3.63) is 45.8 Å². The van der Waals surface area contributed by atoms with Crippen molar-refractivity contribution in [2.45, 2.75) is 130 Å². The Morgan fingerprint density at radius 1 is 0.525 bits per heavy atom. The summed E-state index contributed by atoms with van der Waals surface area (Å²) in [5, 5.41) is 1.19. The van der Waals surface area contributed by atoms with Crippen LogP contribution in [0.1, 0.15) is 130 Å². The first-order chi connectivity index (χ1) is 19.7. The molecular weight excluding hydrogens is 553 g/mol. The zero-order chi connectivity index (χ0) is 28.4. The van der Waals surface area contributed by atoms with E-state index >= 15 is 0 Å². The summed E-state index contributed by atoms with van der Waals surface area (Å²) in [5.41, 5.74) is 4.02. The van der Waals surface area contributed by atoms with Gasteiger partial charge in [-0.05, 0) is 0 Å². The van der Waals surface area contributed by atoms with Crippen LogP contribution in [0.15, 0.2) is 41.4 Å². The molecule has 0 spiro atoms. The molecule has 40 heavy (non-hydrogen) atoms. The van der Waals surface area contributed by atoms with Crippen molar-refractivity contribution < 1.29 is 0 Å². The Balaban J connectivity index is 1.80. The van der Waals surface area contributed by atoms with E-state index in [0.29, 0.717) is 14.5 Å². The summed E-state index contributed by atoms with van der Waals surface area (Å²) >= 11 is 0.296. The van der Waals surface area contributed by atoms with E-state index < -0.39 is 0 Å². The Labute approximate surface area is 252 Å². The van der Waals surface area contributed by atoms with Crippen molar-refractivity contribution in [3.8, 4) is 0 Å². The third-order valence-corrected chi connectivity index (χ3v) is 10.5. The van der Waals surface area contributed by atoms with Crippen molar-refractivity contribution in [1.82, 2.24) is 0 Å². The maximum atomic E-state index is 5.13. The number of anilines is 2. The molecule has 223 valence electrons. The topological polar surface area (TPSA) is 18.8 Å². The van der Waals surface area contributed by atoms with Gasteiger partial charge in [-0.1, -0.05) is 0 Å². The summed E-state index contributed by atoms with van der Waals surface area (Å²) < 4.78 is 2.92. The molecule has 2 aromatic carbocycles. The van der Waals surface area contributed by atoms with E-state index in [9.17, 15) is 0 Å². The fourth-order valence-electron chi connectivity index (χ4n) is 5.65. The van der Waals surface area contributed by atoms with E-state index in [4.69, 9.17) is 4.99 Å². The van der Waals surface area contributed by atoms with Crippen molar-refractivity contribution in [1.29, 1.82) is 0 Å². The average molecular weight is 612 g/mol. The second kappa shape index (κ2) is 19.5. The third-order valence-electron chi connectivity index (χ3n) is 8.20. The molecule has 1 heterocycles. The number of nitrogens with zero attached hydrogens (tertiary/aromatic N) is 3. The Kier molecular flexibility index (Phi) is 16.0. The van der Waals surface area contributed by atoms with E-state index in [-0.39, 0.29) is 0 Å². The number of benzene rings is 2. The molecule has 1 aliphatic heterocycles. The fourth-order valence-corrected chi connectivity index (χ4v) is 7.82. The van der Waals surface area contributed by atoms with Gasteiger partial charge in [0.15, 0.2) is 0 Å². The van der Waals surface area contributed by atoms with Crippen LogP contribution < -0.4 is 19.6 Å². The van der Waals surface area contributed by atoms with Crippen LogP contribution in [0, 0.1) is 4.06 Å². The first-order valence-corrected chi connectivity index (χ1v) is 18.6. The van der Waals surface area contributed by atoms with Gasteiger partial charge in [0.05, 0.1) is 0 Å². The number of rotatable bonds is 22. The molecule has 0 saturated heterocycles. The fraction of sp³-hybridized carbons (Fsp3) is 0.667. The molecule has 0 aromatic heterocycles. The number of unbranched alkanes of at least 4 members (excludes halogenated alkanes) is 12. The van der Waals surface area contributed by atoms with Crippen LogP contribution in [-0.2, 0) is 0 Å². The van der Waals surface area contributed by atoms with Gasteiger partial charge in [-0.15, -0.1) is 0 Å². The van der Waals surface area contributed by atoms with Crippen LogP contribution >= 0.6 is 0 Å². The second-order valence-electron chi connectivity index (χ2n) is 11.7. The van der Waals surface area contributed by atoms with Crippen LogP contribution in [-0.4, -0.2) is 40.7 Å². The van der Waals surface area contributed by atoms with Gasteiger partial charge in [0.2, 0.25) is 0 Å². The van der Waals surface area contributed by atoms with Gasteiger partial charge in [0.1, 0.15) is 0 Å². The normalized spacial score (nSPS) is 11.9. The number of fused-ring (bicyclic) bond motifs is 2. The summed E-state index contributed by atoms with van der Waals surface area (Å²) in [5.74, 6) is 0. The van der Waals surface area contributed by atoms with E-state index in [1.54, 1.807) is 0 Å². The molecule has 0 atom stereocenters. The van der Waals surface area contributed by atoms with Gasteiger partial charge in [-0.2, -0.15) is 0 Å². The van der Waals surface area contributed by atoms with E-state index in [0.717, 1.165) is 0 Å². The quantitative estimate of drug-likeness (QED) is 0.0833. The van der Waals surface area contributed by atoms with Gasteiger partial charge >= 0.3 is 253 Å². The minimum atomic E-state index is 0.296. The van der Waals surface area contributed by atoms with Crippen LogP contribution in [0.4, 0.5) is 17.1 Å². The van der Waals surface area contributed by atoms with Gasteiger partial charge in [-0.3, -0.25) is 0 Å². The molecule has 0 fully saturated rings. The van der Waals surface area contributed by atoms with Crippen molar-refractivity contribution >= 4 is 36.0 Å². The van der Waals surface area contributed by atoms with Crippen molar-refractivity contribution in [2.24, 2.45) is 4.99 Å². The molecule has 1 radical (unpaired) electrons. The molecule has 0 unspecified atom stereocenters. The first kappa shape index (κ1) is 32.9. The van der Waals surface area contributed by atoms with Crippen LogP contribution in [0.25, 0.3) is 0 Å². The zero-order valence-corrected chi connectivity index (χ0v) is 28.1. The number of hydrogen-bond donors (Lipinski definition) is 0. The number of hydrogen-bond acceptors (Lipinski definition) is 3. The summed E-state index contributed by atoms with van der Waals surface area (Å²) in [6.45, 7) is 13.9. The van der Waals surface area contributed by atoms with Gasteiger partial charge in [-0.25, -0.2) is 0 Å². The Morgan fingerprint density at radius 3 is 1.45 bits per heavy atom. The Bertz CT molecular complexity index is 1070. The third kappa shape index (κ3) is 11.0. The van der Waals surface area contributed by atoms with E-state index in [1.807, 2.05) is 0 Å². The second-order valence-corrected chi connectivity index (χ2v) is 14.0. The van der Waals surface area contributed by atoms with Crippen LogP contribution in [0.3, 0.4) is 0 Å². The average Bonchev–Trinajstić information content (AvgIpc) is 2.98. The monoisotopic (exact) mass is 612 g/mol. The molecule has 2 aromatic rings. The SMILES string of the molecule is CCCCCCN(CCCCCC)c1ccc2c(c1)[Se]=c1cc(N(CCCCCC)CCCCCC)ccc1=N2. The van der Waals surface area contributed by atoms with Gasteiger partial charge < -0.3 is 0 Å². The summed E-state index contributed by atoms with van der Waals surface area (Å²) in [6.07, 6.45) is 21.2. The molecule has 3 rings (SSSR count). The Hall–Kier alpha value is -1.64. The van der Waals surface area contributed by atoms with E-state index in [1.165, 1.54) is 160 Å². The first-order valence-electron chi connectivity index (χ1n) is 16.9. The molecule has 1 aliphatic rings. The molecule has 0 N–H and O–H groups in total. The molecule has 3 nitrogen and oxygen atoms in total. The summed E-state index contributed by atoms with van der Waals surface area (Å²) in [7, 11) is 0. The van der Waals surface area contributed by atoms with Crippen LogP contribution in [0.2, 0.25) is 0 Å². The summed E-state index contributed by atoms with van der Waals surface area (Å²) in [6, 6.07) is 14.2. The minimum absolute atomic E-state index is 0.296. The van der Waals surface area contributed by atoms with Gasteiger partial charge in [0, 0.05) is 0 Å². The van der Waals surface area contributed by atoms with Crippen molar-refractivity contribution in [3.63, 3.8) is 0 Å². The summed E-state index contributed by atoms with van der Waals surface area (Å²) in [4.78, 5) is 10.5. The van der Waals surface area contributed by atoms with Crippen LogP contribution in [0.5, 0.6) is 0 Å². The Morgan fingerprint density at radius 2 is 0.975 bits per heavy atom. The predicted molar refractivity (Wildman–Crippen MR) is 179 cm³/mol. The molecule has 4 heteroatoms. The van der Waals surface area contributed by atoms with Crippen molar-refractivity contribution in [2.75, 3.05) is 36.0 Å². The molecular formula is C36H58N3Se. The molecule has 0 aliphatic carbocycles. The standard InChI is InChI=1S/C36H58N3Se/c1-5-9-13-17-25-38(26-18-14-10-6-2)31-21-23-33-35(29-31)40-36-30-32(22-24-34(36)37-33)39(27-19-15-11-7-3)28-20-16-12-8-4/h21-24,29-30H,5-20,25-28H2,1-4H3. The molecule has 0 amide bonds. The maximum absolute atomic E-state index is 5.13. The molecule has 0 saturated carbocycles. The predicted octanol–water partition coefficient (Wildman–Crippen LogP) is 9.17. The van der Waals surface area contributed by atoms with E-state index in [2.05, 4.69) is 73.9 Å². The van der Waals surface area contributed by atoms with Gasteiger partial charge in [0.25, 0.3) is 0 Å².